The van der Waals surface area contributed by atoms with Gasteiger partial charge in [0.25, 0.3) is 0 Å². The van der Waals surface area contributed by atoms with Crippen LogP contribution in [0, 0.1) is 0 Å². The molecule has 1 saturated heterocycles. The summed E-state index contributed by atoms with van der Waals surface area (Å²) in [6, 6.07) is 0. The standard InChI is InChI=1S/C7H17NS/c1-4-5-8(2)9(3)6-7-9/h4-7H2,1-3H3. The molecule has 0 radical (unpaired) electrons. The van der Waals surface area contributed by atoms with E-state index in [0.717, 1.165) is 0 Å². The zero-order chi connectivity index (χ0) is 6.91. The van der Waals surface area contributed by atoms with Crippen molar-refractivity contribution in [3.8, 4) is 0 Å². The summed E-state index contributed by atoms with van der Waals surface area (Å²) in [6.07, 6.45) is 3.74. The van der Waals surface area contributed by atoms with Crippen molar-refractivity contribution in [3.63, 3.8) is 0 Å². The number of hydrogen-bond acceptors (Lipinski definition) is 1. The molecule has 0 N–H and O–H groups in total. The van der Waals surface area contributed by atoms with Gasteiger partial charge < -0.3 is 0 Å². The topological polar surface area (TPSA) is 3.24 Å². The average Bonchev–Trinajstić information content (AvgIpc) is 2.50. The smallest absolute Gasteiger partial charge is 0.00683 e. The first-order valence-corrected chi connectivity index (χ1v) is 5.98. The maximum absolute atomic E-state index is 2.56. The van der Waals surface area contributed by atoms with Crippen LogP contribution in [-0.2, 0) is 0 Å². The third-order valence-electron chi connectivity index (χ3n) is 2.09. The number of nitrogens with zero attached hydrogens (tertiary/aromatic N) is 1. The first-order valence-electron chi connectivity index (χ1n) is 3.64. The van der Waals surface area contributed by atoms with Crippen LogP contribution < -0.4 is 0 Å². The van der Waals surface area contributed by atoms with Crippen LogP contribution in [0.5, 0.6) is 0 Å². The van der Waals surface area contributed by atoms with E-state index < -0.39 is 0 Å². The molecule has 0 saturated carbocycles. The summed E-state index contributed by atoms with van der Waals surface area (Å²) in [4.78, 5) is 0. The van der Waals surface area contributed by atoms with Gasteiger partial charge in [-0.05, 0) is 31.2 Å². The summed E-state index contributed by atoms with van der Waals surface area (Å²) in [6.45, 7) is 3.55. The molecule has 1 aliphatic rings. The molecule has 1 fully saturated rings. The Morgan fingerprint density at radius 1 is 1.44 bits per heavy atom. The van der Waals surface area contributed by atoms with E-state index in [2.05, 4.69) is 24.5 Å². The molecular formula is C7H17NS. The molecule has 0 aliphatic carbocycles. The summed E-state index contributed by atoms with van der Waals surface area (Å²) < 4.78 is 2.56. The molecular weight excluding hydrogens is 130 g/mol. The zero-order valence-electron chi connectivity index (χ0n) is 6.68. The van der Waals surface area contributed by atoms with Gasteiger partial charge in [0, 0.05) is 6.54 Å². The van der Waals surface area contributed by atoms with Gasteiger partial charge in [-0.25, -0.2) is 0 Å². The fourth-order valence-corrected chi connectivity index (χ4v) is 3.18. The molecule has 56 valence electrons. The summed E-state index contributed by atoms with van der Waals surface area (Å²) in [5.41, 5.74) is 0. The van der Waals surface area contributed by atoms with E-state index in [0.29, 0.717) is 0 Å². The highest BCUT2D eigenvalue weighted by Gasteiger charge is 2.34. The molecule has 1 nitrogen and oxygen atoms in total. The van der Waals surface area contributed by atoms with Crippen LogP contribution in [0.1, 0.15) is 13.3 Å². The van der Waals surface area contributed by atoms with Crippen LogP contribution in [0.2, 0.25) is 0 Å². The largest absolute Gasteiger partial charge is 0.271 e. The predicted molar refractivity (Wildman–Crippen MR) is 46.2 cm³/mol. The van der Waals surface area contributed by atoms with Gasteiger partial charge in [-0.3, -0.25) is 4.31 Å². The van der Waals surface area contributed by atoms with Crippen molar-refractivity contribution in [3.05, 3.63) is 0 Å². The second-order valence-corrected chi connectivity index (χ2v) is 6.87. The van der Waals surface area contributed by atoms with Gasteiger partial charge in [-0.1, -0.05) is 6.92 Å². The molecule has 0 aromatic carbocycles. The van der Waals surface area contributed by atoms with E-state index in [1.54, 1.807) is 0 Å². The number of hydrogen-bond donors (Lipinski definition) is 0. The van der Waals surface area contributed by atoms with Crippen LogP contribution >= 0.6 is 10.2 Å². The highest BCUT2D eigenvalue weighted by molar-refractivity contribution is 8.37. The van der Waals surface area contributed by atoms with Gasteiger partial charge >= 0.3 is 0 Å². The molecule has 0 aromatic rings. The second kappa shape index (κ2) is 2.51. The normalized spacial score (nSPS) is 26.2. The summed E-state index contributed by atoms with van der Waals surface area (Å²) in [5, 5.41) is 0. The van der Waals surface area contributed by atoms with Crippen molar-refractivity contribution in [1.82, 2.24) is 4.31 Å². The molecule has 0 aromatic heterocycles. The maximum Gasteiger partial charge on any atom is 0.00683 e. The average molecular weight is 147 g/mol. The predicted octanol–water partition coefficient (Wildman–Crippen LogP) is 1.69. The van der Waals surface area contributed by atoms with Crippen LogP contribution in [0.15, 0.2) is 0 Å². The lowest BCUT2D eigenvalue weighted by Crippen LogP contribution is -2.16. The van der Waals surface area contributed by atoms with Crippen LogP contribution in [-0.4, -0.2) is 35.7 Å². The van der Waals surface area contributed by atoms with Crippen molar-refractivity contribution in [1.29, 1.82) is 0 Å². The third kappa shape index (κ3) is 1.62. The molecule has 1 rings (SSSR count). The monoisotopic (exact) mass is 147 g/mol. The maximum atomic E-state index is 2.56. The Bertz CT molecular complexity index is 99.1. The van der Waals surface area contributed by atoms with Gasteiger partial charge in [-0.2, -0.15) is 10.2 Å². The van der Waals surface area contributed by atoms with E-state index >= 15 is 0 Å². The SMILES string of the molecule is CCCN(C)S1(C)CC1. The van der Waals surface area contributed by atoms with Gasteiger partial charge in [0.05, 0.1) is 0 Å². The first kappa shape index (κ1) is 7.42. The van der Waals surface area contributed by atoms with Crippen molar-refractivity contribution in [2.75, 3.05) is 31.4 Å². The van der Waals surface area contributed by atoms with Gasteiger partial charge in [0.15, 0.2) is 0 Å². The van der Waals surface area contributed by atoms with Gasteiger partial charge in [0.1, 0.15) is 0 Å². The lowest BCUT2D eigenvalue weighted by molar-refractivity contribution is 0.553. The van der Waals surface area contributed by atoms with Crippen molar-refractivity contribution < 1.29 is 0 Å². The minimum absolute atomic E-state index is 0.182. The lowest BCUT2D eigenvalue weighted by Gasteiger charge is -2.27. The molecule has 0 amide bonds. The molecule has 0 bridgehead atoms. The first-order chi connectivity index (χ1) is 4.19. The Morgan fingerprint density at radius 3 is 2.33 bits per heavy atom. The number of rotatable bonds is 3. The quantitative estimate of drug-likeness (QED) is 0.549. The minimum Gasteiger partial charge on any atom is -0.271 e. The summed E-state index contributed by atoms with van der Waals surface area (Å²) in [5.74, 6) is 2.98. The van der Waals surface area contributed by atoms with E-state index in [1.165, 1.54) is 24.5 Å². The fourth-order valence-electron chi connectivity index (χ4n) is 0.968. The second-order valence-electron chi connectivity index (χ2n) is 2.98. The Hall–Kier alpha value is 0.310. The Morgan fingerprint density at radius 2 is 2.00 bits per heavy atom. The van der Waals surface area contributed by atoms with Gasteiger partial charge in [0.2, 0.25) is 0 Å². The lowest BCUT2D eigenvalue weighted by atomic mass is 10.5. The highest BCUT2D eigenvalue weighted by atomic mass is 32.3. The van der Waals surface area contributed by atoms with Crippen LogP contribution in [0.3, 0.4) is 0 Å². The van der Waals surface area contributed by atoms with E-state index in [1.807, 2.05) is 0 Å². The molecule has 9 heavy (non-hydrogen) atoms. The van der Waals surface area contributed by atoms with Crippen molar-refractivity contribution in [2.24, 2.45) is 0 Å². The minimum atomic E-state index is -0.182. The van der Waals surface area contributed by atoms with E-state index in [9.17, 15) is 0 Å². The highest BCUT2D eigenvalue weighted by Crippen LogP contribution is 2.59. The van der Waals surface area contributed by atoms with Crippen LogP contribution in [0.25, 0.3) is 0 Å². The molecule has 0 spiro atoms. The van der Waals surface area contributed by atoms with Crippen LogP contribution in [0.4, 0.5) is 0 Å². The zero-order valence-corrected chi connectivity index (χ0v) is 7.50. The third-order valence-corrected chi connectivity index (χ3v) is 5.36. The van der Waals surface area contributed by atoms with E-state index in [-0.39, 0.29) is 10.2 Å². The molecule has 0 unspecified atom stereocenters. The van der Waals surface area contributed by atoms with Crippen molar-refractivity contribution in [2.45, 2.75) is 13.3 Å². The fraction of sp³-hybridized carbons (Fsp3) is 1.00. The summed E-state index contributed by atoms with van der Waals surface area (Å²) >= 11 is 0. The van der Waals surface area contributed by atoms with E-state index in [4.69, 9.17) is 0 Å². The Labute approximate surface area is 59.9 Å². The molecule has 1 heterocycles. The Balaban J connectivity index is 2.24. The summed E-state index contributed by atoms with van der Waals surface area (Å²) in [7, 11) is 2.09. The Kier molecular flexibility index (Phi) is 2.07. The molecule has 0 atom stereocenters. The van der Waals surface area contributed by atoms with Gasteiger partial charge in [-0.15, -0.1) is 0 Å². The van der Waals surface area contributed by atoms with Crippen molar-refractivity contribution >= 4 is 10.2 Å². The molecule has 2 heteroatoms. The molecule has 1 aliphatic heterocycles.